The molecule has 0 unspecified atom stereocenters. The summed E-state index contributed by atoms with van der Waals surface area (Å²) in [5, 5.41) is 2.18. The molecule has 0 N–H and O–H groups in total. The van der Waals surface area contributed by atoms with Crippen LogP contribution in [0.25, 0.3) is 33.3 Å². The van der Waals surface area contributed by atoms with Crippen molar-refractivity contribution in [2.45, 2.75) is 12.5 Å². The molecular weight excluding hydrogens is 460 g/mol. The van der Waals surface area contributed by atoms with Gasteiger partial charge in [-0.2, -0.15) is 0 Å². The number of para-hydroxylation sites is 1. The molecule has 37 heavy (non-hydrogen) atoms. The molecule has 0 amide bonds. The minimum absolute atomic E-state index is 0.00516. The second-order valence-corrected chi connectivity index (χ2v) is 9.36. The molecule has 180 valence electrons. The zero-order valence-electron chi connectivity index (χ0n) is 20.1. The Morgan fingerprint density at radius 3 is 2.54 bits per heavy atom. The summed E-state index contributed by atoms with van der Waals surface area (Å²) in [6, 6.07) is 31.1. The maximum Gasteiger partial charge on any atom is 0.244 e. The number of rotatable bonds is 6. The summed E-state index contributed by atoms with van der Waals surface area (Å²) < 4.78 is 12.4. The summed E-state index contributed by atoms with van der Waals surface area (Å²) in [5.74, 6) is 2.10. The van der Waals surface area contributed by atoms with Gasteiger partial charge in [0.05, 0.1) is 18.6 Å². The molecular formula is C31H24N4O2. The first-order chi connectivity index (χ1) is 18.3. The monoisotopic (exact) mass is 484 g/mol. The van der Waals surface area contributed by atoms with Crippen molar-refractivity contribution in [2.75, 3.05) is 18.0 Å². The van der Waals surface area contributed by atoms with Gasteiger partial charge in [-0.15, -0.1) is 0 Å². The van der Waals surface area contributed by atoms with E-state index in [1.165, 1.54) is 11.1 Å². The molecule has 1 saturated heterocycles. The first-order valence-electron chi connectivity index (χ1n) is 12.4. The van der Waals surface area contributed by atoms with Gasteiger partial charge in [-0.1, -0.05) is 54.6 Å². The van der Waals surface area contributed by atoms with E-state index in [2.05, 4.69) is 69.5 Å². The Morgan fingerprint density at radius 2 is 1.62 bits per heavy atom. The van der Waals surface area contributed by atoms with Crippen LogP contribution in [0.1, 0.15) is 11.1 Å². The second-order valence-electron chi connectivity index (χ2n) is 9.36. The molecule has 0 radical (unpaired) electrons. The number of aromatic nitrogens is 3. The average molecular weight is 485 g/mol. The molecule has 6 heteroatoms. The van der Waals surface area contributed by atoms with Crippen molar-refractivity contribution in [3.05, 3.63) is 115 Å². The summed E-state index contributed by atoms with van der Waals surface area (Å²) >= 11 is 0. The van der Waals surface area contributed by atoms with E-state index in [0.717, 1.165) is 47.2 Å². The van der Waals surface area contributed by atoms with Gasteiger partial charge in [-0.25, -0.2) is 15.0 Å². The number of pyridine rings is 1. The van der Waals surface area contributed by atoms with Crippen molar-refractivity contribution in [2.24, 2.45) is 0 Å². The van der Waals surface area contributed by atoms with Crippen LogP contribution in [0.4, 0.5) is 5.82 Å². The van der Waals surface area contributed by atoms with E-state index < -0.39 is 0 Å². The third-order valence-electron chi connectivity index (χ3n) is 6.76. The Kier molecular flexibility index (Phi) is 5.28. The predicted molar refractivity (Wildman–Crippen MR) is 145 cm³/mol. The van der Waals surface area contributed by atoms with Gasteiger partial charge in [-0.3, -0.25) is 0 Å². The van der Waals surface area contributed by atoms with Crippen molar-refractivity contribution in [1.82, 2.24) is 15.0 Å². The van der Waals surface area contributed by atoms with Crippen LogP contribution >= 0.6 is 0 Å². The molecule has 4 heterocycles. The van der Waals surface area contributed by atoms with E-state index >= 15 is 0 Å². The second kappa shape index (κ2) is 9.06. The summed E-state index contributed by atoms with van der Waals surface area (Å²) in [6.45, 7) is 1.48. The Labute approximate surface area is 214 Å². The Bertz CT molecular complexity index is 1710. The van der Waals surface area contributed by atoms with Gasteiger partial charge >= 0.3 is 0 Å². The van der Waals surface area contributed by atoms with E-state index in [1.807, 2.05) is 36.4 Å². The normalized spacial score (nSPS) is 13.7. The van der Waals surface area contributed by atoms with Crippen molar-refractivity contribution < 1.29 is 9.15 Å². The fraction of sp³-hybridized carbons (Fsp3) is 0.129. The topological polar surface area (TPSA) is 64.3 Å². The number of anilines is 1. The van der Waals surface area contributed by atoms with Crippen LogP contribution in [0, 0.1) is 0 Å². The van der Waals surface area contributed by atoms with Crippen LogP contribution in [0.2, 0.25) is 0 Å². The molecule has 1 fully saturated rings. The van der Waals surface area contributed by atoms with E-state index in [4.69, 9.17) is 14.1 Å². The highest BCUT2D eigenvalue weighted by atomic mass is 16.5. The van der Waals surface area contributed by atoms with Crippen LogP contribution in [-0.2, 0) is 6.42 Å². The smallest absolute Gasteiger partial charge is 0.244 e. The molecule has 3 aromatic heterocycles. The lowest BCUT2D eigenvalue weighted by atomic mass is 10.0. The van der Waals surface area contributed by atoms with Gasteiger partial charge in [0.25, 0.3) is 0 Å². The molecule has 1 aliphatic heterocycles. The standard InChI is InChI=1S/C31H24N4O2/c1-2-6-21(7-3-1)16-22-10-12-27-24(17-22)18-28(37-27)30-31(33-15-14-32-30)36-25-19-35(20-25)29-13-11-23-8-4-5-9-26(23)34-29/h1-15,17-18,25H,16,19-20H2. The number of benzene rings is 3. The third kappa shape index (κ3) is 4.27. The lowest BCUT2D eigenvalue weighted by Crippen LogP contribution is -2.54. The van der Waals surface area contributed by atoms with Gasteiger partial charge in [-0.05, 0) is 53.9 Å². The van der Waals surface area contributed by atoms with Crippen LogP contribution < -0.4 is 9.64 Å². The number of fused-ring (bicyclic) bond motifs is 2. The Hall–Kier alpha value is -4.71. The zero-order valence-corrected chi connectivity index (χ0v) is 20.1. The number of ether oxygens (including phenoxy) is 1. The molecule has 0 atom stereocenters. The lowest BCUT2D eigenvalue weighted by Gasteiger charge is -2.39. The quantitative estimate of drug-likeness (QED) is 0.277. The van der Waals surface area contributed by atoms with Crippen molar-refractivity contribution in [3.63, 3.8) is 0 Å². The highest BCUT2D eigenvalue weighted by Crippen LogP contribution is 2.33. The first-order valence-corrected chi connectivity index (χ1v) is 12.4. The maximum atomic E-state index is 6.27. The minimum atomic E-state index is 0.00516. The fourth-order valence-corrected chi connectivity index (χ4v) is 4.82. The van der Waals surface area contributed by atoms with Gasteiger partial charge in [0, 0.05) is 23.2 Å². The molecule has 3 aromatic carbocycles. The van der Waals surface area contributed by atoms with Crippen molar-refractivity contribution in [3.8, 4) is 17.3 Å². The third-order valence-corrected chi connectivity index (χ3v) is 6.76. The van der Waals surface area contributed by atoms with Gasteiger partial charge < -0.3 is 14.1 Å². The SMILES string of the molecule is c1ccc(Cc2ccc3oc(-c4nccnc4OC4CN(c5ccc6ccccc6n5)C4)cc3c2)cc1. The summed E-state index contributed by atoms with van der Waals surface area (Å²) in [4.78, 5) is 16.0. The number of hydrogen-bond donors (Lipinski definition) is 0. The molecule has 0 aliphatic carbocycles. The molecule has 0 bridgehead atoms. The van der Waals surface area contributed by atoms with Gasteiger partial charge in [0.2, 0.25) is 5.88 Å². The van der Waals surface area contributed by atoms with Crippen LogP contribution in [0.3, 0.4) is 0 Å². The predicted octanol–water partition coefficient (Wildman–Crippen LogP) is 6.30. The van der Waals surface area contributed by atoms with Gasteiger partial charge in [0.15, 0.2) is 11.5 Å². The molecule has 6 aromatic rings. The van der Waals surface area contributed by atoms with Gasteiger partial charge in [0.1, 0.15) is 17.5 Å². The fourth-order valence-electron chi connectivity index (χ4n) is 4.82. The minimum Gasteiger partial charge on any atom is -0.469 e. The molecule has 1 aliphatic rings. The van der Waals surface area contributed by atoms with E-state index in [9.17, 15) is 0 Å². The number of furan rings is 1. The van der Waals surface area contributed by atoms with Crippen LogP contribution in [-0.4, -0.2) is 34.1 Å². The van der Waals surface area contributed by atoms with Crippen LogP contribution in [0.15, 0.2) is 108 Å². The molecule has 0 spiro atoms. The van der Waals surface area contributed by atoms with Crippen molar-refractivity contribution >= 4 is 27.7 Å². The molecule has 7 rings (SSSR count). The molecule has 0 saturated carbocycles. The Morgan fingerprint density at radius 1 is 0.784 bits per heavy atom. The first kappa shape index (κ1) is 21.6. The molecule has 6 nitrogen and oxygen atoms in total. The number of hydrogen-bond acceptors (Lipinski definition) is 6. The largest absolute Gasteiger partial charge is 0.469 e. The Balaban J connectivity index is 1.08. The van der Waals surface area contributed by atoms with Crippen molar-refractivity contribution in [1.29, 1.82) is 0 Å². The zero-order chi connectivity index (χ0) is 24.6. The maximum absolute atomic E-state index is 6.27. The highest BCUT2D eigenvalue weighted by Gasteiger charge is 2.31. The highest BCUT2D eigenvalue weighted by molar-refractivity contribution is 5.83. The van der Waals surface area contributed by atoms with E-state index in [0.29, 0.717) is 17.3 Å². The number of nitrogens with zero attached hydrogens (tertiary/aromatic N) is 4. The van der Waals surface area contributed by atoms with E-state index in [1.54, 1.807) is 12.4 Å². The lowest BCUT2D eigenvalue weighted by molar-refractivity contribution is 0.160. The average Bonchev–Trinajstić information content (AvgIpc) is 3.34. The van der Waals surface area contributed by atoms with E-state index in [-0.39, 0.29) is 6.10 Å². The summed E-state index contributed by atoms with van der Waals surface area (Å²) in [5.41, 5.74) is 4.95. The summed E-state index contributed by atoms with van der Waals surface area (Å²) in [6.07, 6.45) is 4.20. The summed E-state index contributed by atoms with van der Waals surface area (Å²) in [7, 11) is 0. The van der Waals surface area contributed by atoms with Crippen LogP contribution in [0.5, 0.6) is 5.88 Å².